The molecule has 0 amide bonds. The Morgan fingerprint density at radius 2 is 2.60 bits per heavy atom. The third-order valence-corrected chi connectivity index (χ3v) is 0.482. The molecule has 0 aliphatic carbocycles. The summed E-state index contributed by atoms with van der Waals surface area (Å²) in [4.78, 5) is 4.57. The molecule has 0 unspecified atom stereocenters. The lowest BCUT2D eigenvalue weighted by atomic mass is 11.0. The molecular weight excluding hydrogens is 66.0 g/mol. The van der Waals surface area contributed by atoms with E-state index in [0.29, 0.717) is 0 Å². The van der Waals surface area contributed by atoms with E-state index in [2.05, 4.69) is 11.4 Å². The SMILES string of the molecule is C=CN1CO1. The summed E-state index contributed by atoms with van der Waals surface area (Å²) in [5, 5.41) is 1.64. The van der Waals surface area contributed by atoms with Crippen molar-refractivity contribution in [2.45, 2.75) is 0 Å². The highest BCUT2D eigenvalue weighted by Crippen LogP contribution is 2.03. The molecule has 1 saturated heterocycles. The van der Waals surface area contributed by atoms with Gasteiger partial charge >= 0.3 is 0 Å². The zero-order valence-corrected chi connectivity index (χ0v) is 2.85. The van der Waals surface area contributed by atoms with E-state index in [4.69, 9.17) is 0 Å². The van der Waals surface area contributed by atoms with Crippen LogP contribution in [0.1, 0.15) is 0 Å². The van der Waals surface area contributed by atoms with E-state index in [0.717, 1.165) is 6.73 Å². The van der Waals surface area contributed by atoms with Crippen molar-refractivity contribution in [2.24, 2.45) is 0 Å². The van der Waals surface area contributed by atoms with Crippen molar-refractivity contribution in [3.05, 3.63) is 12.8 Å². The van der Waals surface area contributed by atoms with Gasteiger partial charge in [0.2, 0.25) is 0 Å². The maximum atomic E-state index is 4.57. The van der Waals surface area contributed by atoms with Crippen LogP contribution in [0.5, 0.6) is 0 Å². The Kier molecular flexibility index (Phi) is 0.394. The smallest absolute Gasteiger partial charge is 0.170 e. The average Bonchev–Trinajstić information content (AvgIpc) is 2.12. The fourth-order valence-corrected chi connectivity index (χ4v) is 0.139. The third kappa shape index (κ3) is 0.389. The van der Waals surface area contributed by atoms with Gasteiger partial charge in [0.1, 0.15) is 0 Å². The molecule has 0 spiro atoms. The molecule has 0 aromatic heterocycles. The van der Waals surface area contributed by atoms with Crippen LogP contribution >= 0.6 is 0 Å². The Balaban J connectivity index is 2.21. The monoisotopic (exact) mass is 71.0 g/mol. The quantitative estimate of drug-likeness (QED) is 0.414. The molecule has 1 fully saturated rings. The van der Waals surface area contributed by atoms with Crippen molar-refractivity contribution >= 4 is 0 Å². The molecule has 0 radical (unpaired) electrons. The molecule has 0 aromatic rings. The van der Waals surface area contributed by atoms with Gasteiger partial charge < -0.3 is 0 Å². The van der Waals surface area contributed by atoms with Crippen molar-refractivity contribution < 1.29 is 4.84 Å². The predicted molar refractivity (Wildman–Crippen MR) is 18.0 cm³/mol. The second-order valence-corrected chi connectivity index (χ2v) is 0.858. The van der Waals surface area contributed by atoms with Crippen LogP contribution in [0, 0.1) is 0 Å². The van der Waals surface area contributed by atoms with Crippen LogP contribution in [0.15, 0.2) is 12.8 Å². The van der Waals surface area contributed by atoms with Crippen molar-refractivity contribution in [2.75, 3.05) is 6.73 Å². The van der Waals surface area contributed by atoms with Crippen molar-refractivity contribution in [1.82, 2.24) is 5.06 Å². The van der Waals surface area contributed by atoms with Gasteiger partial charge in [0.15, 0.2) is 6.73 Å². The number of rotatable bonds is 1. The van der Waals surface area contributed by atoms with Crippen LogP contribution in [-0.2, 0) is 4.84 Å². The summed E-state index contributed by atoms with van der Waals surface area (Å²) in [5.74, 6) is 0. The maximum absolute atomic E-state index is 4.57. The Labute approximate surface area is 30.6 Å². The fourth-order valence-electron chi connectivity index (χ4n) is 0.139. The molecule has 0 saturated carbocycles. The lowest BCUT2D eigenvalue weighted by Gasteiger charge is -1.70. The summed E-state index contributed by atoms with van der Waals surface area (Å²) in [6, 6.07) is 0. The van der Waals surface area contributed by atoms with Crippen molar-refractivity contribution in [3.8, 4) is 0 Å². The summed E-state index contributed by atoms with van der Waals surface area (Å²) in [6.07, 6.45) is 1.64. The van der Waals surface area contributed by atoms with Crippen molar-refractivity contribution in [1.29, 1.82) is 0 Å². The van der Waals surface area contributed by atoms with Crippen molar-refractivity contribution in [3.63, 3.8) is 0 Å². The Hall–Kier alpha value is -0.500. The van der Waals surface area contributed by atoms with Gasteiger partial charge in [0, 0.05) is 6.20 Å². The highest BCUT2D eigenvalue weighted by Gasteiger charge is 2.10. The number of hydrogen-bond acceptors (Lipinski definition) is 2. The van der Waals surface area contributed by atoms with Gasteiger partial charge in [-0.2, -0.15) is 0 Å². The topological polar surface area (TPSA) is 15.5 Å². The lowest BCUT2D eigenvalue weighted by molar-refractivity contribution is 0.263. The molecule has 0 N–H and O–H groups in total. The molecule has 1 aliphatic heterocycles. The first-order valence-electron chi connectivity index (χ1n) is 1.45. The summed E-state index contributed by atoms with van der Waals surface area (Å²) < 4.78 is 0. The first-order chi connectivity index (χ1) is 2.43. The second kappa shape index (κ2) is 0.723. The van der Waals surface area contributed by atoms with E-state index in [1.165, 1.54) is 0 Å². The van der Waals surface area contributed by atoms with Gasteiger partial charge in [-0.1, -0.05) is 6.58 Å². The zero-order valence-electron chi connectivity index (χ0n) is 2.85. The van der Waals surface area contributed by atoms with Gasteiger partial charge in [0.25, 0.3) is 0 Å². The first-order valence-corrected chi connectivity index (χ1v) is 1.45. The minimum Gasteiger partial charge on any atom is -0.248 e. The highest BCUT2D eigenvalue weighted by atomic mass is 16.8. The second-order valence-electron chi connectivity index (χ2n) is 0.858. The standard InChI is InChI=1S/C3H5NO/c1-2-4-3-5-4/h2H,1,3H2. The van der Waals surface area contributed by atoms with Crippen LogP contribution < -0.4 is 0 Å². The number of hydroxylamine groups is 2. The van der Waals surface area contributed by atoms with Gasteiger partial charge in [-0.15, -0.1) is 0 Å². The van der Waals surface area contributed by atoms with E-state index in [1.54, 1.807) is 11.3 Å². The summed E-state index contributed by atoms with van der Waals surface area (Å²) >= 11 is 0. The molecule has 0 aromatic carbocycles. The summed E-state index contributed by atoms with van der Waals surface area (Å²) in [5.41, 5.74) is 0. The Morgan fingerprint density at radius 3 is 2.60 bits per heavy atom. The molecule has 5 heavy (non-hydrogen) atoms. The minimum absolute atomic E-state index is 0.726. The van der Waals surface area contributed by atoms with E-state index < -0.39 is 0 Å². The molecule has 1 heterocycles. The molecule has 2 nitrogen and oxygen atoms in total. The molecular formula is C3H5NO. The van der Waals surface area contributed by atoms with Gasteiger partial charge in [-0.3, -0.25) is 0 Å². The van der Waals surface area contributed by atoms with Crippen LogP contribution in [0.3, 0.4) is 0 Å². The van der Waals surface area contributed by atoms with E-state index in [1.807, 2.05) is 0 Å². The normalized spacial score (nSPS) is 18.8. The van der Waals surface area contributed by atoms with Crippen LogP contribution in [0.25, 0.3) is 0 Å². The van der Waals surface area contributed by atoms with E-state index >= 15 is 0 Å². The summed E-state index contributed by atoms with van der Waals surface area (Å²) in [7, 11) is 0. The van der Waals surface area contributed by atoms with Gasteiger partial charge in [0.05, 0.1) is 0 Å². The number of hydrogen-bond donors (Lipinski definition) is 0. The molecule has 0 atom stereocenters. The van der Waals surface area contributed by atoms with Crippen LogP contribution in [0.2, 0.25) is 0 Å². The van der Waals surface area contributed by atoms with Gasteiger partial charge in [-0.25, -0.2) is 9.90 Å². The Morgan fingerprint density at radius 1 is 2.00 bits per heavy atom. The largest absolute Gasteiger partial charge is 0.248 e. The zero-order chi connectivity index (χ0) is 3.70. The fraction of sp³-hybridized carbons (Fsp3) is 0.333. The third-order valence-electron chi connectivity index (χ3n) is 0.482. The molecule has 2 heteroatoms. The molecule has 1 rings (SSSR count). The Bertz CT molecular complexity index is 48.9. The van der Waals surface area contributed by atoms with E-state index in [-0.39, 0.29) is 0 Å². The van der Waals surface area contributed by atoms with Crippen LogP contribution in [-0.4, -0.2) is 11.8 Å². The molecule has 28 valence electrons. The summed E-state index contributed by atoms with van der Waals surface area (Å²) in [6.45, 7) is 4.15. The first kappa shape index (κ1) is 2.72. The number of nitrogens with zero attached hydrogens (tertiary/aromatic N) is 1. The van der Waals surface area contributed by atoms with Crippen LogP contribution in [0.4, 0.5) is 0 Å². The molecule has 1 aliphatic rings. The highest BCUT2D eigenvalue weighted by molar-refractivity contribution is 4.63. The predicted octanol–water partition coefficient (Wildman–Crippen LogP) is 0.335. The lowest BCUT2D eigenvalue weighted by Crippen LogP contribution is -1.72. The van der Waals surface area contributed by atoms with Gasteiger partial charge in [-0.05, 0) is 0 Å². The maximum Gasteiger partial charge on any atom is 0.170 e. The van der Waals surface area contributed by atoms with E-state index in [9.17, 15) is 0 Å². The molecule has 0 bridgehead atoms. The average molecular weight is 71.1 g/mol. The minimum atomic E-state index is 0.726.